The van der Waals surface area contributed by atoms with Gasteiger partial charge in [0.1, 0.15) is 0 Å². The summed E-state index contributed by atoms with van der Waals surface area (Å²) in [6, 6.07) is 5.43. The molecule has 1 saturated heterocycles. The predicted molar refractivity (Wildman–Crippen MR) is 85.3 cm³/mol. The van der Waals surface area contributed by atoms with Crippen molar-refractivity contribution in [1.82, 2.24) is 4.31 Å². The molecule has 0 unspecified atom stereocenters. The molecule has 0 atom stereocenters. The number of aryl methyl sites for hydroxylation is 1. The van der Waals surface area contributed by atoms with Crippen molar-refractivity contribution in [3.63, 3.8) is 0 Å². The average molecular weight is 360 g/mol. The molecule has 2 rings (SSSR count). The Labute approximate surface area is 130 Å². The molecule has 0 radical (unpaired) electrons. The molecule has 0 amide bonds. The number of rotatable bonds is 4. The Morgan fingerprint density at radius 2 is 1.95 bits per heavy atom. The molecular formula is C15H22BrNO2S. The monoisotopic (exact) mass is 359 g/mol. The first-order valence-corrected chi connectivity index (χ1v) is 9.34. The maximum Gasteiger partial charge on any atom is 0.243 e. The lowest BCUT2D eigenvalue weighted by Gasteiger charge is -2.26. The lowest BCUT2D eigenvalue weighted by Crippen LogP contribution is -2.32. The van der Waals surface area contributed by atoms with E-state index in [9.17, 15) is 8.42 Å². The van der Waals surface area contributed by atoms with E-state index < -0.39 is 10.0 Å². The second-order valence-corrected chi connectivity index (χ2v) is 8.53. The standard InChI is InChI=1S/C15H22BrNO2S/c1-4-15(5-2)8-9-17(11-15)20(18,19)14-10-13(16)7-6-12(14)3/h6-7,10H,4-5,8-9,11H2,1-3H3. The Morgan fingerprint density at radius 3 is 2.50 bits per heavy atom. The molecular weight excluding hydrogens is 338 g/mol. The van der Waals surface area contributed by atoms with Crippen LogP contribution in [0.15, 0.2) is 27.6 Å². The van der Waals surface area contributed by atoms with Crippen LogP contribution in [0.25, 0.3) is 0 Å². The molecule has 1 aliphatic rings. The zero-order chi connectivity index (χ0) is 15.0. The Morgan fingerprint density at radius 1 is 1.30 bits per heavy atom. The van der Waals surface area contributed by atoms with Crippen LogP contribution >= 0.6 is 15.9 Å². The molecule has 0 saturated carbocycles. The maximum absolute atomic E-state index is 12.8. The van der Waals surface area contributed by atoms with Gasteiger partial charge in [0.2, 0.25) is 10.0 Å². The van der Waals surface area contributed by atoms with Crippen LogP contribution in [0.1, 0.15) is 38.7 Å². The molecule has 0 N–H and O–H groups in total. The van der Waals surface area contributed by atoms with Crippen molar-refractivity contribution in [2.45, 2.75) is 44.9 Å². The minimum atomic E-state index is -3.38. The van der Waals surface area contributed by atoms with Gasteiger partial charge in [-0.2, -0.15) is 4.31 Å². The van der Waals surface area contributed by atoms with Crippen LogP contribution in [0.4, 0.5) is 0 Å². The van der Waals surface area contributed by atoms with E-state index in [1.165, 1.54) is 0 Å². The van der Waals surface area contributed by atoms with Crippen molar-refractivity contribution in [3.05, 3.63) is 28.2 Å². The molecule has 0 bridgehead atoms. The number of benzene rings is 1. The van der Waals surface area contributed by atoms with E-state index in [1.807, 2.05) is 19.1 Å². The van der Waals surface area contributed by atoms with Gasteiger partial charge < -0.3 is 0 Å². The highest BCUT2D eigenvalue weighted by Gasteiger charge is 2.40. The summed E-state index contributed by atoms with van der Waals surface area (Å²) < 4.78 is 28.1. The normalized spacial score (nSPS) is 19.4. The topological polar surface area (TPSA) is 37.4 Å². The van der Waals surface area contributed by atoms with Crippen LogP contribution in [0.2, 0.25) is 0 Å². The summed E-state index contributed by atoms with van der Waals surface area (Å²) in [5.74, 6) is 0. The zero-order valence-corrected chi connectivity index (χ0v) is 14.7. The van der Waals surface area contributed by atoms with Gasteiger partial charge in [-0.25, -0.2) is 8.42 Å². The lowest BCUT2D eigenvalue weighted by molar-refractivity contribution is 0.279. The molecule has 5 heteroatoms. The number of halogens is 1. The summed E-state index contributed by atoms with van der Waals surface area (Å²) in [7, 11) is -3.38. The van der Waals surface area contributed by atoms with E-state index in [2.05, 4.69) is 29.8 Å². The highest BCUT2D eigenvalue weighted by atomic mass is 79.9. The van der Waals surface area contributed by atoms with Gasteiger partial charge >= 0.3 is 0 Å². The number of hydrogen-bond donors (Lipinski definition) is 0. The molecule has 1 aromatic carbocycles. The Hall–Kier alpha value is -0.390. The van der Waals surface area contributed by atoms with Gasteiger partial charge in [0.05, 0.1) is 4.90 Å². The number of hydrogen-bond acceptors (Lipinski definition) is 2. The first-order chi connectivity index (χ1) is 9.34. The number of nitrogens with zero attached hydrogens (tertiary/aromatic N) is 1. The summed E-state index contributed by atoms with van der Waals surface area (Å²) in [4.78, 5) is 0.426. The fourth-order valence-electron chi connectivity index (χ4n) is 2.92. The SMILES string of the molecule is CCC1(CC)CCN(S(=O)(=O)c2cc(Br)ccc2C)C1. The largest absolute Gasteiger partial charge is 0.243 e. The van der Waals surface area contributed by atoms with Gasteiger partial charge in [0, 0.05) is 17.6 Å². The van der Waals surface area contributed by atoms with E-state index in [-0.39, 0.29) is 5.41 Å². The van der Waals surface area contributed by atoms with Gasteiger partial charge in [-0.15, -0.1) is 0 Å². The van der Waals surface area contributed by atoms with Crippen molar-refractivity contribution in [3.8, 4) is 0 Å². The number of sulfonamides is 1. The van der Waals surface area contributed by atoms with E-state index in [0.717, 1.165) is 29.3 Å². The van der Waals surface area contributed by atoms with Crippen molar-refractivity contribution in [1.29, 1.82) is 0 Å². The molecule has 0 aromatic heterocycles. The van der Waals surface area contributed by atoms with Crippen LogP contribution in [-0.4, -0.2) is 25.8 Å². The van der Waals surface area contributed by atoms with Crippen LogP contribution in [-0.2, 0) is 10.0 Å². The Bertz CT molecular complexity index is 594. The Balaban J connectivity index is 2.35. The molecule has 1 heterocycles. The van der Waals surface area contributed by atoms with Crippen LogP contribution in [0, 0.1) is 12.3 Å². The quantitative estimate of drug-likeness (QED) is 0.815. The molecule has 1 aromatic rings. The van der Waals surface area contributed by atoms with E-state index in [0.29, 0.717) is 18.0 Å². The molecule has 1 aliphatic heterocycles. The Kier molecular flexibility index (Phi) is 4.62. The summed E-state index contributed by atoms with van der Waals surface area (Å²) in [5, 5.41) is 0. The predicted octanol–water partition coefficient (Wildman–Crippen LogP) is 3.96. The third-order valence-electron chi connectivity index (χ3n) is 4.67. The van der Waals surface area contributed by atoms with Gasteiger partial charge in [-0.1, -0.05) is 35.8 Å². The van der Waals surface area contributed by atoms with Crippen LogP contribution < -0.4 is 0 Å². The first kappa shape index (κ1) is 16.0. The zero-order valence-electron chi connectivity index (χ0n) is 12.3. The summed E-state index contributed by atoms with van der Waals surface area (Å²) in [6.45, 7) is 7.44. The maximum atomic E-state index is 12.8. The second kappa shape index (κ2) is 5.78. The second-order valence-electron chi connectivity index (χ2n) is 5.71. The summed E-state index contributed by atoms with van der Waals surface area (Å²) >= 11 is 3.36. The molecule has 1 fully saturated rings. The van der Waals surface area contributed by atoms with Gasteiger partial charge in [0.25, 0.3) is 0 Å². The smallest absolute Gasteiger partial charge is 0.207 e. The van der Waals surface area contributed by atoms with E-state index >= 15 is 0 Å². The highest BCUT2D eigenvalue weighted by Crippen LogP contribution is 2.39. The average Bonchev–Trinajstić information content (AvgIpc) is 2.87. The molecule has 3 nitrogen and oxygen atoms in total. The third kappa shape index (κ3) is 2.81. The van der Waals surface area contributed by atoms with Gasteiger partial charge in [-0.3, -0.25) is 0 Å². The van der Waals surface area contributed by atoms with Crippen molar-refractivity contribution >= 4 is 26.0 Å². The molecule has 112 valence electrons. The van der Waals surface area contributed by atoms with Crippen molar-refractivity contribution < 1.29 is 8.42 Å². The highest BCUT2D eigenvalue weighted by molar-refractivity contribution is 9.10. The fourth-order valence-corrected chi connectivity index (χ4v) is 5.23. The first-order valence-electron chi connectivity index (χ1n) is 7.11. The van der Waals surface area contributed by atoms with Crippen LogP contribution in [0.5, 0.6) is 0 Å². The molecule has 0 aliphatic carbocycles. The minimum Gasteiger partial charge on any atom is -0.207 e. The third-order valence-corrected chi connectivity index (χ3v) is 7.15. The van der Waals surface area contributed by atoms with Crippen LogP contribution in [0.3, 0.4) is 0 Å². The summed E-state index contributed by atoms with van der Waals surface area (Å²) in [6.07, 6.45) is 3.03. The van der Waals surface area contributed by atoms with Crippen molar-refractivity contribution in [2.24, 2.45) is 5.41 Å². The van der Waals surface area contributed by atoms with Gasteiger partial charge in [-0.05, 0) is 49.3 Å². The van der Waals surface area contributed by atoms with Crippen molar-refractivity contribution in [2.75, 3.05) is 13.1 Å². The molecule has 20 heavy (non-hydrogen) atoms. The lowest BCUT2D eigenvalue weighted by atomic mass is 9.82. The molecule has 0 spiro atoms. The van der Waals surface area contributed by atoms with E-state index in [1.54, 1.807) is 10.4 Å². The summed E-state index contributed by atoms with van der Waals surface area (Å²) in [5.41, 5.74) is 0.964. The fraction of sp³-hybridized carbons (Fsp3) is 0.600. The van der Waals surface area contributed by atoms with Gasteiger partial charge in [0.15, 0.2) is 0 Å². The van der Waals surface area contributed by atoms with E-state index in [4.69, 9.17) is 0 Å². The minimum absolute atomic E-state index is 0.160.